The molecule has 4 aromatic rings. The van der Waals surface area contributed by atoms with Gasteiger partial charge in [0.1, 0.15) is 5.75 Å². The predicted molar refractivity (Wildman–Crippen MR) is 146 cm³/mol. The van der Waals surface area contributed by atoms with E-state index < -0.39 is 0 Å². The van der Waals surface area contributed by atoms with Gasteiger partial charge in [0.05, 0.1) is 37.4 Å². The zero-order valence-electron chi connectivity index (χ0n) is 22.2. The van der Waals surface area contributed by atoms with Gasteiger partial charge in [-0.1, -0.05) is 49.4 Å². The molecule has 1 amide bonds. The SMILES string of the molecule is CC[C@@H](CN(CC)C(=O)CCc1nn(Cc2ccc(OC)cc2)c2ccnc(OC)c12)c1ccccc1. The highest BCUT2D eigenvalue weighted by Crippen LogP contribution is 2.29. The highest BCUT2D eigenvalue weighted by atomic mass is 16.5. The van der Waals surface area contributed by atoms with E-state index in [0.717, 1.165) is 34.3 Å². The van der Waals surface area contributed by atoms with Crippen LogP contribution in [-0.4, -0.2) is 52.9 Å². The molecule has 0 unspecified atom stereocenters. The molecule has 0 bridgehead atoms. The number of nitrogens with zero attached hydrogens (tertiary/aromatic N) is 4. The lowest BCUT2D eigenvalue weighted by atomic mass is 9.95. The second-order valence-electron chi connectivity index (χ2n) is 9.12. The number of aryl methyl sites for hydroxylation is 1. The van der Waals surface area contributed by atoms with Crippen molar-refractivity contribution >= 4 is 16.8 Å². The van der Waals surface area contributed by atoms with Gasteiger partial charge in [-0.05, 0) is 42.7 Å². The first-order chi connectivity index (χ1) is 18.1. The second-order valence-corrected chi connectivity index (χ2v) is 9.12. The number of pyridine rings is 1. The third-order valence-electron chi connectivity index (χ3n) is 6.90. The van der Waals surface area contributed by atoms with Crippen molar-refractivity contribution in [2.75, 3.05) is 27.3 Å². The maximum Gasteiger partial charge on any atom is 0.224 e. The first-order valence-electron chi connectivity index (χ1n) is 12.9. The van der Waals surface area contributed by atoms with Gasteiger partial charge in [-0.3, -0.25) is 9.48 Å². The molecule has 0 fully saturated rings. The molecule has 4 rings (SSSR count). The topological polar surface area (TPSA) is 69.5 Å². The van der Waals surface area contributed by atoms with Crippen LogP contribution in [0.4, 0.5) is 0 Å². The molecule has 0 spiro atoms. The largest absolute Gasteiger partial charge is 0.497 e. The number of benzene rings is 2. The summed E-state index contributed by atoms with van der Waals surface area (Å²) in [7, 11) is 3.28. The minimum absolute atomic E-state index is 0.137. The van der Waals surface area contributed by atoms with Gasteiger partial charge in [-0.25, -0.2) is 4.98 Å². The van der Waals surface area contributed by atoms with Gasteiger partial charge < -0.3 is 14.4 Å². The van der Waals surface area contributed by atoms with Gasteiger partial charge in [0, 0.05) is 38.0 Å². The maximum atomic E-state index is 13.3. The maximum absolute atomic E-state index is 13.3. The molecule has 2 aromatic carbocycles. The Morgan fingerprint density at radius 3 is 2.41 bits per heavy atom. The lowest BCUT2D eigenvalue weighted by Crippen LogP contribution is -2.34. The lowest BCUT2D eigenvalue weighted by Gasteiger charge is -2.26. The molecular weight excluding hydrogens is 464 g/mol. The van der Waals surface area contributed by atoms with E-state index in [1.165, 1.54) is 5.56 Å². The van der Waals surface area contributed by atoms with Crippen LogP contribution in [0, 0.1) is 0 Å². The van der Waals surface area contributed by atoms with Gasteiger partial charge >= 0.3 is 0 Å². The minimum atomic E-state index is 0.137. The van der Waals surface area contributed by atoms with Crippen LogP contribution in [0.2, 0.25) is 0 Å². The zero-order chi connectivity index (χ0) is 26.2. The fraction of sp³-hybridized carbons (Fsp3) is 0.367. The number of hydrogen-bond donors (Lipinski definition) is 0. The van der Waals surface area contributed by atoms with Crippen molar-refractivity contribution in [1.29, 1.82) is 0 Å². The smallest absolute Gasteiger partial charge is 0.224 e. The number of ether oxygens (including phenoxy) is 2. The van der Waals surface area contributed by atoms with E-state index in [9.17, 15) is 4.79 Å². The van der Waals surface area contributed by atoms with Crippen molar-refractivity contribution in [3.63, 3.8) is 0 Å². The van der Waals surface area contributed by atoms with E-state index in [-0.39, 0.29) is 5.91 Å². The van der Waals surface area contributed by atoms with Crippen molar-refractivity contribution in [1.82, 2.24) is 19.7 Å². The Morgan fingerprint density at radius 2 is 1.76 bits per heavy atom. The van der Waals surface area contributed by atoms with Crippen molar-refractivity contribution in [2.24, 2.45) is 0 Å². The van der Waals surface area contributed by atoms with E-state index >= 15 is 0 Å². The van der Waals surface area contributed by atoms with E-state index in [4.69, 9.17) is 14.6 Å². The number of likely N-dealkylation sites (N-methyl/N-ethyl adjacent to an activating group) is 1. The Hall–Kier alpha value is -3.87. The Kier molecular flexibility index (Phi) is 8.77. The first kappa shape index (κ1) is 26.2. The molecule has 7 heteroatoms. The molecule has 194 valence electrons. The Balaban J connectivity index is 1.53. The number of carbonyl (C=O) groups excluding carboxylic acids is 1. The highest BCUT2D eigenvalue weighted by molar-refractivity contribution is 5.87. The Bertz CT molecular complexity index is 1300. The third kappa shape index (κ3) is 6.10. The van der Waals surface area contributed by atoms with Crippen molar-refractivity contribution in [3.05, 3.63) is 83.7 Å². The number of aromatic nitrogens is 3. The van der Waals surface area contributed by atoms with Crippen LogP contribution in [-0.2, 0) is 17.8 Å². The van der Waals surface area contributed by atoms with Gasteiger partial charge in [0.2, 0.25) is 11.8 Å². The first-order valence-corrected chi connectivity index (χ1v) is 12.9. The predicted octanol–water partition coefficient (Wildman–Crippen LogP) is 5.47. The van der Waals surface area contributed by atoms with Crippen LogP contribution in [0.1, 0.15) is 49.4 Å². The third-order valence-corrected chi connectivity index (χ3v) is 6.90. The Morgan fingerprint density at radius 1 is 1.00 bits per heavy atom. The molecule has 0 aliphatic carbocycles. The van der Waals surface area contributed by atoms with E-state index in [1.807, 2.05) is 52.9 Å². The number of rotatable bonds is 12. The highest BCUT2D eigenvalue weighted by Gasteiger charge is 2.21. The molecule has 37 heavy (non-hydrogen) atoms. The molecule has 2 aromatic heterocycles. The van der Waals surface area contributed by atoms with Crippen LogP contribution >= 0.6 is 0 Å². The fourth-order valence-corrected chi connectivity index (χ4v) is 4.78. The molecule has 0 saturated carbocycles. The second kappa shape index (κ2) is 12.4. The summed E-state index contributed by atoms with van der Waals surface area (Å²) in [5.41, 5.74) is 4.14. The minimum Gasteiger partial charge on any atom is -0.497 e. The Labute approximate surface area is 219 Å². The molecule has 0 aliphatic heterocycles. The van der Waals surface area contributed by atoms with Crippen LogP contribution < -0.4 is 9.47 Å². The standard InChI is InChI=1S/C30H36N4O3/c1-5-23(24-10-8-7-9-11-24)21-33(6-2)28(35)17-16-26-29-27(18-19-31-30(29)37-4)34(32-26)20-22-12-14-25(36-3)15-13-22/h7-15,18-19,23H,5-6,16-17,20-21H2,1-4H3/t23-/m0/s1. The van der Waals surface area contributed by atoms with Crippen molar-refractivity contribution in [2.45, 2.75) is 45.6 Å². The quantitative estimate of drug-likeness (QED) is 0.258. The molecule has 1 atom stereocenters. The van der Waals surface area contributed by atoms with Gasteiger partial charge in [0.25, 0.3) is 0 Å². The summed E-state index contributed by atoms with van der Waals surface area (Å²) >= 11 is 0. The van der Waals surface area contributed by atoms with E-state index in [0.29, 0.717) is 44.3 Å². The number of fused-ring (bicyclic) bond motifs is 1. The van der Waals surface area contributed by atoms with Gasteiger partial charge in [-0.15, -0.1) is 0 Å². The molecule has 7 nitrogen and oxygen atoms in total. The molecule has 0 radical (unpaired) electrons. The van der Waals surface area contributed by atoms with Crippen LogP contribution in [0.25, 0.3) is 10.9 Å². The number of methoxy groups -OCH3 is 2. The molecular formula is C30H36N4O3. The summed E-state index contributed by atoms with van der Waals surface area (Å²) in [6.07, 6.45) is 3.62. The molecule has 0 N–H and O–H groups in total. The van der Waals surface area contributed by atoms with Gasteiger partial charge in [0.15, 0.2) is 0 Å². The number of carbonyl (C=O) groups is 1. The molecule has 0 saturated heterocycles. The van der Waals surface area contributed by atoms with Gasteiger partial charge in [-0.2, -0.15) is 5.10 Å². The average Bonchev–Trinajstić information content (AvgIpc) is 3.30. The van der Waals surface area contributed by atoms with E-state index in [2.05, 4.69) is 36.2 Å². The van der Waals surface area contributed by atoms with Crippen LogP contribution in [0.5, 0.6) is 11.6 Å². The summed E-state index contributed by atoms with van der Waals surface area (Å²) < 4.78 is 12.8. The fourth-order valence-electron chi connectivity index (χ4n) is 4.78. The lowest BCUT2D eigenvalue weighted by molar-refractivity contribution is -0.131. The van der Waals surface area contributed by atoms with E-state index in [1.54, 1.807) is 20.4 Å². The summed E-state index contributed by atoms with van der Waals surface area (Å²) in [5, 5.41) is 5.78. The summed E-state index contributed by atoms with van der Waals surface area (Å²) in [6.45, 7) is 6.21. The number of amides is 1. The zero-order valence-corrected chi connectivity index (χ0v) is 22.2. The summed E-state index contributed by atoms with van der Waals surface area (Å²) in [5.74, 6) is 1.80. The molecule has 2 heterocycles. The van der Waals surface area contributed by atoms with Crippen molar-refractivity contribution in [3.8, 4) is 11.6 Å². The van der Waals surface area contributed by atoms with Crippen LogP contribution in [0.3, 0.4) is 0 Å². The monoisotopic (exact) mass is 500 g/mol. The van der Waals surface area contributed by atoms with Crippen LogP contribution in [0.15, 0.2) is 66.9 Å². The number of hydrogen-bond acceptors (Lipinski definition) is 5. The summed E-state index contributed by atoms with van der Waals surface area (Å²) in [4.78, 5) is 19.7. The normalized spacial score (nSPS) is 11.9. The molecule has 0 aliphatic rings. The van der Waals surface area contributed by atoms with Crippen molar-refractivity contribution < 1.29 is 14.3 Å². The average molecular weight is 501 g/mol. The summed E-state index contributed by atoms with van der Waals surface area (Å²) in [6, 6.07) is 20.3.